The summed E-state index contributed by atoms with van der Waals surface area (Å²) in [6.07, 6.45) is 1.59. The van der Waals surface area contributed by atoms with Crippen LogP contribution >= 0.6 is 35.2 Å². The number of rotatable bonds is 3. The van der Waals surface area contributed by atoms with Crippen LogP contribution in [0.5, 0.6) is 0 Å². The zero-order valence-electron chi connectivity index (χ0n) is 11.7. The molecule has 0 saturated carbocycles. The van der Waals surface area contributed by atoms with E-state index in [0.717, 1.165) is 11.3 Å². The minimum atomic E-state index is -3.10. The first-order chi connectivity index (χ1) is 10.9. The first kappa shape index (κ1) is 16.4. The number of thiazole rings is 1. The van der Waals surface area contributed by atoms with E-state index >= 15 is 0 Å². The summed E-state index contributed by atoms with van der Waals surface area (Å²) in [4.78, 5) is 4.45. The third-order valence-electron chi connectivity index (χ3n) is 3.11. The van der Waals surface area contributed by atoms with Crippen LogP contribution in [0.2, 0.25) is 5.02 Å². The molecule has 23 heavy (non-hydrogen) atoms. The normalized spacial score (nSPS) is 18.7. The summed E-state index contributed by atoms with van der Waals surface area (Å²) >= 11 is 12.5. The highest BCUT2D eigenvalue weighted by atomic mass is 35.5. The number of anilines is 1. The third kappa shape index (κ3) is 4.29. The third-order valence-corrected chi connectivity index (χ3v) is 5.74. The Bertz CT molecular complexity index is 860. The molecule has 3 rings (SSSR count). The molecule has 2 N–H and O–H groups in total. The van der Waals surface area contributed by atoms with E-state index in [9.17, 15) is 8.42 Å². The van der Waals surface area contributed by atoms with Gasteiger partial charge in [0.05, 0.1) is 17.5 Å². The van der Waals surface area contributed by atoms with Crippen molar-refractivity contribution in [2.75, 3.05) is 11.1 Å². The maximum absolute atomic E-state index is 11.4. The predicted molar refractivity (Wildman–Crippen MR) is 98.6 cm³/mol. The average molecular weight is 386 g/mol. The zero-order valence-corrected chi connectivity index (χ0v) is 14.9. The van der Waals surface area contributed by atoms with Crippen LogP contribution in [0.1, 0.15) is 0 Å². The fraction of sp³-hybridized carbons (Fsp3) is 0.143. The van der Waals surface area contributed by atoms with Gasteiger partial charge in [-0.15, -0.1) is 11.3 Å². The van der Waals surface area contributed by atoms with E-state index in [4.69, 9.17) is 23.8 Å². The first-order valence-corrected chi connectivity index (χ1v) is 9.99. The van der Waals surface area contributed by atoms with Gasteiger partial charge in [-0.1, -0.05) is 23.7 Å². The van der Waals surface area contributed by atoms with Crippen molar-refractivity contribution in [3.63, 3.8) is 0 Å². The van der Waals surface area contributed by atoms with E-state index in [1.807, 2.05) is 29.6 Å². The number of nitrogens with one attached hydrogen (secondary N) is 2. The summed E-state index contributed by atoms with van der Waals surface area (Å²) in [5.74, 6) is 0.0166. The summed E-state index contributed by atoms with van der Waals surface area (Å²) in [6, 6.07) is 7.10. The Morgan fingerprint density at radius 1 is 1.35 bits per heavy atom. The molecule has 9 heteroatoms. The molecule has 1 aliphatic rings. The second-order valence-corrected chi connectivity index (χ2v) is 8.54. The van der Waals surface area contributed by atoms with Crippen LogP contribution in [0, 0.1) is 0 Å². The SMILES string of the molecule is O=S1(=O)C=C[C@@H](NC(=S)Nc2nc(-c3ccc(Cl)cc3)cs2)C1. The molecule has 2 aromatic rings. The maximum Gasteiger partial charge on any atom is 0.189 e. The van der Waals surface area contributed by atoms with Crippen molar-refractivity contribution in [3.05, 3.63) is 46.2 Å². The fourth-order valence-corrected chi connectivity index (χ4v) is 4.45. The van der Waals surface area contributed by atoms with Gasteiger partial charge in [0.1, 0.15) is 0 Å². The minimum Gasteiger partial charge on any atom is -0.355 e. The summed E-state index contributed by atoms with van der Waals surface area (Å²) in [7, 11) is -3.10. The topological polar surface area (TPSA) is 71.1 Å². The largest absolute Gasteiger partial charge is 0.355 e. The van der Waals surface area contributed by atoms with Gasteiger partial charge in [-0.3, -0.25) is 0 Å². The number of hydrogen-bond acceptors (Lipinski definition) is 5. The van der Waals surface area contributed by atoms with Gasteiger partial charge in [-0.05, 0) is 30.4 Å². The number of thiocarbonyl (C=S) groups is 1. The number of halogens is 1. The van der Waals surface area contributed by atoms with Crippen LogP contribution in [0.15, 0.2) is 41.1 Å². The molecule has 0 saturated heterocycles. The Balaban J connectivity index is 1.62. The highest BCUT2D eigenvalue weighted by Crippen LogP contribution is 2.26. The Morgan fingerprint density at radius 3 is 2.74 bits per heavy atom. The summed E-state index contributed by atoms with van der Waals surface area (Å²) in [5, 5.41) is 10.7. The van der Waals surface area contributed by atoms with E-state index in [1.165, 1.54) is 16.7 Å². The Kier molecular flexibility index (Phi) is 4.67. The van der Waals surface area contributed by atoms with E-state index in [0.29, 0.717) is 15.3 Å². The van der Waals surface area contributed by atoms with Gasteiger partial charge in [-0.2, -0.15) is 0 Å². The van der Waals surface area contributed by atoms with Crippen LogP contribution in [0.25, 0.3) is 11.3 Å². The maximum atomic E-state index is 11.4. The summed E-state index contributed by atoms with van der Waals surface area (Å²) < 4.78 is 22.7. The standard InChI is InChI=1S/C14H12ClN3O2S3/c15-10-3-1-9(2-4-10)12-7-22-14(17-12)18-13(21)16-11-5-6-23(19,20)8-11/h1-7,11H,8H2,(H2,16,17,18,21)/t11-/m1/s1. The number of nitrogens with zero attached hydrogens (tertiary/aromatic N) is 1. The number of hydrogen-bond donors (Lipinski definition) is 2. The van der Waals surface area contributed by atoms with Crippen LogP contribution in [-0.2, 0) is 9.84 Å². The quantitative estimate of drug-likeness (QED) is 0.791. The molecule has 0 amide bonds. The molecule has 1 atom stereocenters. The smallest absolute Gasteiger partial charge is 0.189 e. The Morgan fingerprint density at radius 2 is 2.09 bits per heavy atom. The van der Waals surface area contributed by atoms with E-state index in [2.05, 4.69) is 15.6 Å². The molecule has 0 aliphatic carbocycles. The lowest BCUT2D eigenvalue weighted by Gasteiger charge is -2.12. The lowest BCUT2D eigenvalue weighted by molar-refractivity contribution is 0.603. The number of sulfone groups is 1. The minimum absolute atomic E-state index is 0.0166. The number of benzene rings is 1. The molecule has 0 fully saturated rings. The van der Waals surface area contributed by atoms with Crippen molar-refractivity contribution in [3.8, 4) is 11.3 Å². The first-order valence-electron chi connectivity index (χ1n) is 6.61. The molecular formula is C14H12ClN3O2S3. The van der Waals surface area contributed by atoms with Gasteiger partial charge >= 0.3 is 0 Å². The fourth-order valence-electron chi connectivity index (χ4n) is 2.05. The molecule has 2 heterocycles. The van der Waals surface area contributed by atoms with Crippen molar-refractivity contribution in [2.45, 2.75) is 6.04 Å². The van der Waals surface area contributed by atoms with E-state index in [1.54, 1.807) is 6.08 Å². The lowest BCUT2D eigenvalue weighted by Crippen LogP contribution is -2.38. The molecule has 0 radical (unpaired) electrons. The van der Waals surface area contributed by atoms with Crippen molar-refractivity contribution >= 4 is 55.2 Å². The molecular weight excluding hydrogens is 374 g/mol. The Labute approximate surface area is 148 Å². The van der Waals surface area contributed by atoms with Crippen LogP contribution in [0.3, 0.4) is 0 Å². The van der Waals surface area contributed by atoms with Crippen LogP contribution < -0.4 is 10.6 Å². The van der Waals surface area contributed by atoms with Crippen molar-refractivity contribution in [1.82, 2.24) is 10.3 Å². The number of aromatic nitrogens is 1. The van der Waals surface area contributed by atoms with Crippen LogP contribution in [0.4, 0.5) is 5.13 Å². The van der Waals surface area contributed by atoms with Crippen LogP contribution in [-0.4, -0.2) is 30.3 Å². The Hall–Kier alpha value is -1.48. The average Bonchev–Trinajstić information content (AvgIpc) is 3.06. The predicted octanol–water partition coefficient (Wildman–Crippen LogP) is 3.06. The lowest BCUT2D eigenvalue weighted by atomic mass is 10.2. The molecule has 120 valence electrons. The highest BCUT2D eigenvalue weighted by Gasteiger charge is 2.22. The van der Waals surface area contributed by atoms with E-state index in [-0.39, 0.29) is 11.8 Å². The zero-order chi connectivity index (χ0) is 16.4. The van der Waals surface area contributed by atoms with Crippen molar-refractivity contribution in [1.29, 1.82) is 0 Å². The van der Waals surface area contributed by atoms with Gasteiger partial charge in [0.2, 0.25) is 0 Å². The molecule has 0 bridgehead atoms. The molecule has 1 aromatic carbocycles. The summed E-state index contributed by atoms with van der Waals surface area (Å²) in [5.41, 5.74) is 1.78. The van der Waals surface area contributed by atoms with Gasteiger partial charge in [-0.25, -0.2) is 13.4 Å². The molecule has 1 aromatic heterocycles. The molecule has 1 aliphatic heterocycles. The second kappa shape index (κ2) is 6.56. The van der Waals surface area contributed by atoms with Gasteiger partial charge in [0.15, 0.2) is 20.1 Å². The molecule has 0 unspecified atom stereocenters. The van der Waals surface area contributed by atoms with E-state index < -0.39 is 9.84 Å². The van der Waals surface area contributed by atoms with Gasteiger partial charge in [0.25, 0.3) is 0 Å². The highest BCUT2D eigenvalue weighted by molar-refractivity contribution is 7.94. The molecule has 5 nitrogen and oxygen atoms in total. The summed E-state index contributed by atoms with van der Waals surface area (Å²) in [6.45, 7) is 0. The van der Waals surface area contributed by atoms with Gasteiger partial charge < -0.3 is 10.6 Å². The van der Waals surface area contributed by atoms with Gasteiger partial charge in [0, 0.05) is 21.4 Å². The molecule has 0 spiro atoms. The second-order valence-electron chi connectivity index (χ2n) is 4.91. The van der Waals surface area contributed by atoms with Crippen molar-refractivity contribution in [2.24, 2.45) is 0 Å². The monoisotopic (exact) mass is 385 g/mol. The van der Waals surface area contributed by atoms with Crippen molar-refractivity contribution < 1.29 is 8.42 Å².